The normalized spacial score (nSPS) is 30.0. The molecule has 0 atom stereocenters. The van der Waals surface area contributed by atoms with Crippen molar-refractivity contribution in [2.75, 3.05) is 0 Å². The first-order chi connectivity index (χ1) is 10.4. The van der Waals surface area contributed by atoms with Gasteiger partial charge in [-0.05, 0) is 32.1 Å². The smallest absolute Gasteiger partial charge is 0.405 e. The van der Waals surface area contributed by atoms with E-state index in [9.17, 15) is 9.59 Å². The molecule has 22 heavy (non-hydrogen) atoms. The fraction of sp³-hybridized carbons (Fsp3) is 0.538. The van der Waals surface area contributed by atoms with Crippen molar-refractivity contribution in [3.63, 3.8) is 0 Å². The summed E-state index contributed by atoms with van der Waals surface area (Å²) in [6.07, 6.45) is 3.82. The molecule has 3 N–H and O–H groups in total. The van der Waals surface area contributed by atoms with Gasteiger partial charge in [-0.1, -0.05) is 11.6 Å². The third kappa shape index (κ3) is 1.70. The van der Waals surface area contributed by atoms with Crippen LogP contribution in [-0.4, -0.2) is 36.3 Å². The van der Waals surface area contributed by atoms with Crippen molar-refractivity contribution in [3.05, 3.63) is 22.0 Å². The number of halogens is 1. The molecule has 0 radical (unpaired) electrons. The molecule has 0 saturated heterocycles. The Labute approximate surface area is 129 Å². The highest BCUT2D eigenvalue weighted by atomic mass is 35.5. The zero-order valence-electron chi connectivity index (χ0n) is 11.6. The van der Waals surface area contributed by atoms with E-state index in [2.05, 4.69) is 20.3 Å². The second-order valence-corrected chi connectivity index (χ2v) is 6.60. The topological polar surface area (TPSA) is 113 Å². The van der Waals surface area contributed by atoms with Crippen LogP contribution in [0, 0.1) is 0 Å². The Bertz CT molecular complexity index is 834. The zero-order valence-corrected chi connectivity index (χ0v) is 12.4. The van der Waals surface area contributed by atoms with Crippen molar-refractivity contribution >= 4 is 28.9 Å². The summed E-state index contributed by atoms with van der Waals surface area (Å²) >= 11 is 6.02. The van der Waals surface area contributed by atoms with Crippen LogP contribution in [0.2, 0.25) is 5.15 Å². The van der Waals surface area contributed by atoms with Gasteiger partial charge in [-0.25, -0.2) is 19.6 Å². The Morgan fingerprint density at radius 2 is 2.09 bits per heavy atom. The van der Waals surface area contributed by atoms with E-state index < -0.39 is 17.2 Å². The van der Waals surface area contributed by atoms with Crippen LogP contribution in [0.5, 0.6) is 0 Å². The molecule has 0 spiro atoms. The maximum absolute atomic E-state index is 12.4. The van der Waals surface area contributed by atoms with E-state index in [0.29, 0.717) is 17.6 Å². The monoisotopic (exact) mass is 323 g/mol. The summed E-state index contributed by atoms with van der Waals surface area (Å²) in [5.41, 5.74) is -0.205. The molecule has 4 rings (SSSR count). The molecule has 2 saturated carbocycles. The minimum absolute atomic E-state index is 0.211. The Morgan fingerprint density at radius 1 is 1.36 bits per heavy atom. The summed E-state index contributed by atoms with van der Waals surface area (Å²) < 4.78 is 1.65. The average molecular weight is 324 g/mol. The lowest BCUT2D eigenvalue weighted by atomic mass is 9.91. The van der Waals surface area contributed by atoms with Gasteiger partial charge in [0.15, 0.2) is 10.8 Å². The van der Waals surface area contributed by atoms with Crippen molar-refractivity contribution in [1.82, 2.24) is 24.8 Å². The first kappa shape index (κ1) is 13.6. The van der Waals surface area contributed by atoms with Gasteiger partial charge in [0.2, 0.25) is 0 Å². The van der Waals surface area contributed by atoms with Gasteiger partial charge in [0.05, 0.1) is 5.54 Å². The number of amides is 1. The molecular formula is C13H14ClN5O3. The lowest BCUT2D eigenvalue weighted by Crippen LogP contribution is -2.44. The predicted molar refractivity (Wildman–Crippen MR) is 78.1 cm³/mol. The molecule has 2 aromatic heterocycles. The van der Waals surface area contributed by atoms with E-state index in [1.165, 1.54) is 6.33 Å². The maximum atomic E-state index is 12.4. The van der Waals surface area contributed by atoms with Crippen molar-refractivity contribution in [2.45, 2.75) is 43.2 Å². The number of fused-ring (bicyclic) bond motifs is 3. The number of carboxylic acid groups (broad SMARTS) is 1. The summed E-state index contributed by atoms with van der Waals surface area (Å²) in [7, 11) is 0. The van der Waals surface area contributed by atoms with E-state index in [0.717, 1.165) is 25.7 Å². The van der Waals surface area contributed by atoms with Crippen molar-refractivity contribution in [3.8, 4) is 0 Å². The largest absolute Gasteiger partial charge is 0.465 e. The van der Waals surface area contributed by atoms with Crippen molar-refractivity contribution < 1.29 is 9.90 Å². The van der Waals surface area contributed by atoms with Gasteiger partial charge in [0, 0.05) is 5.54 Å². The van der Waals surface area contributed by atoms with E-state index in [4.69, 9.17) is 16.7 Å². The number of nitrogens with one attached hydrogen (secondary N) is 2. The maximum Gasteiger partial charge on any atom is 0.405 e. The van der Waals surface area contributed by atoms with Crippen LogP contribution in [-0.2, 0) is 5.54 Å². The second kappa shape index (κ2) is 4.22. The molecule has 2 fully saturated rings. The molecule has 116 valence electrons. The highest BCUT2D eigenvalue weighted by molar-refractivity contribution is 6.33. The molecule has 0 unspecified atom stereocenters. The predicted octanol–water partition coefficient (Wildman–Crippen LogP) is 1.45. The standard InChI is InChI=1S/C13H14ClN5O3/c14-8-7-9(16-6-15-8)19(10(20)17-7)13-3-1-12(5-13,2-4-13)18-11(21)22/h6,18H,1-5H2,(H,17,20)(H,21,22). The summed E-state index contributed by atoms with van der Waals surface area (Å²) in [4.78, 5) is 34.3. The number of aromatic amines is 1. The molecule has 2 aliphatic carbocycles. The van der Waals surface area contributed by atoms with Gasteiger partial charge in [-0.3, -0.25) is 4.57 Å². The van der Waals surface area contributed by atoms with Gasteiger partial charge >= 0.3 is 11.8 Å². The number of hydrogen-bond donors (Lipinski definition) is 3. The lowest BCUT2D eigenvalue weighted by Gasteiger charge is -2.28. The number of imidazole rings is 1. The van der Waals surface area contributed by atoms with E-state index >= 15 is 0 Å². The Hall–Kier alpha value is -2.09. The van der Waals surface area contributed by atoms with Gasteiger partial charge in [0.25, 0.3) is 0 Å². The molecule has 2 bridgehead atoms. The number of nitrogens with zero attached hydrogens (tertiary/aromatic N) is 3. The molecule has 1 amide bonds. The highest BCUT2D eigenvalue weighted by Gasteiger charge is 2.57. The summed E-state index contributed by atoms with van der Waals surface area (Å²) in [6, 6.07) is 0. The van der Waals surface area contributed by atoms with E-state index in [1.54, 1.807) is 4.57 Å². The molecule has 0 aliphatic heterocycles. The molecular weight excluding hydrogens is 310 g/mol. The molecule has 2 heterocycles. The first-order valence-corrected chi connectivity index (χ1v) is 7.45. The quantitative estimate of drug-likeness (QED) is 0.724. The average Bonchev–Trinajstić information content (AvgIpc) is 3.07. The fourth-order valence-electron chi connectivity index (χ4n) is 4.21. The van der Waals surface area contributed by atoms with Crippen molar-refractivity contribution in [1.29, 1.82) is 0 Å². The second-order valence-electron chi connectivity index (χ2n) is 6.24. The molecule has 9 heteroatoms. The molecule has 0 aromatic carbocycles. The highest BCUT2D eigenvalue weighted by Crippen LogP contribution is 2.55. The zero-order chi connectivity index (χ0) is 15.5. The summed E-state index contributed by atoms with van der Waals surface area (Å²) in [6.45, 7) is 0. The van der Waals surface area contributed by atoms with E-state index in [-0.39, 0.29) is 10.8 Å². The SMILES string of the molecule is O=C(O)NC12CCC(n3c(=O)[nH]c4c(Cl)ncnc43)(CC1)C2. The van der Waals surface area contributed by atoms with E-state index in [1.807, 2.05) is 0 Å². The third-order valence-electron chi connectivity index (χ3n) is 5.08. The fourth-order valence-corrected chi connectivity index (χ4v) is 4.38. The third-order valence-corrected chi connectivity index (χ3v) is 5.37. The number of hydrogen-bond acceptors (Lipinski definition) is 4. The van der Waals surface area contributed by atoms with Gasteiger partial charge in [0.1, 0.15) is 11.8 Å². The number of aromatic nitrogens is 4. The number of rotatable bonds is 2. The molecule has 2 aromatic rings. The first-order valence-electron chi connectivity index (χ1n) is 7.08. The lowest BCUT2D eigenvalue weighted by molar-refractivity contribution is 0.177. The molecule has 8 nitrogen and oxygen atoms in total. The number of H-pyrrole nitrogens is 1. The van der Waals surface area contributed by atoms with Gasteiger partial charge in [-0.15, -0.1) is 0 Å². The van der Waals surface area contributed by atoms with Crippen LogP contribution in [0.4, 0.5) is 4.79 Å². The van der Waals surface area contributed by atoms with Gasteiger partial charge < -0.3 is 15.4 Å². The minimum Gasteiger partial charge on any atom is -0.465 e. The Morgan fingerprint density at radius 3 is 2.77 bits per heavy atom. The Balaban J connectivity index is 1.84. The van der Waals surface area contributed by atoms with Crippen LogP contribution in [0.15, 0.2) is 11.1 Å². The Kier molecular flexibility index (Phi) is 2.60. The van der Waals surface area contributed by atoms with Gasteiger partial charge in [-0.2, -0.15) is 0 Å². The summed E-state index contributed by atoms with van der Waals surface area (Å²) in [5, 5.41) is 11.9. The van der Waals surface area contributed by atoms with Crippen LogP contribution in [0.1, 0.15) is 32.1 Å². The van der Waals surface area contributed by atoms with Crippen LogP contribution in [0.3, 0.4) is 0 Å². The number of carbonyl (C=O) groups is 1. The molecule has 2 aliphatic rings. The summed E-state index contributed by atoms with van der Waals surface area (Å²) in [5.74, 6) is 0. The minimum atomic E-state index is -1.02. The van der Waals surface area contributed by atoms with Crippen LogP contribution >= 0.6 is 11.6 Å². The van der Waals surface area contributed by atoms with Crippen molar-refractivity contribution in [2.24, 2.45) is 0 Å². The van der Waals surface area contributed by atoms with Crippen LogP contribution < -0.4 is 11.0 Å². The van der Waals surface area contributed by atoms with Crippen LogP contribution in [0.25, 0.3) is 11.2 Å².